The Balaban J connectivity index is 2.60. The van der Waals surface area contributed by atoms with Crippen molar-refractivity contribution in [3.63, 3.8) is 0 Å². The number of nitrogens with one attached hydrogen (secondary N) is 2. The molecule has 0 fully saturated rings. The molecule has 0 aromatic heterocycles. The van der Waals surface area contributed by atoms with Crippen LogP contribution in [0.1, 0.15) is 6.92 Å². The standard InChI is InChI=1S/C10H12F2N2O/c1-2-13-6-10(15)14-9-4-3-7(11)5-8(9)12/h3-5,13H,2,6H2,1H3,(H,14,15). The molecule has 0 saturated heterocycles. The lowest BCUT2D eigenvalue weighted by atomic mass is 10.3. The van der Waals surface area contributed by atoms with Gasteiger partial charge in [0, 0.05) is 6.07 Å². The van der Waals surface area contributed by atoms with Crippen molar-refractivity contribution in [2.24, 2.45) is 0 Å². The van der Waals surface area contributed by atoms with Gasteiger partial charge in [-0.3, -0.25) is 4.79 Å². The molecule has 1 rings (SSSR count). The van der Waals surface area contributed by atoms with E-state index in [9.17, 15) is 13.6 Å². The molecule has 0 saturated carbocycles. The molecule has 0 heterocycles. The summed E-state index contributed by atoms with van der Waals surface area (Å²) in [6.45, 7) is 2.61. The molecule has 0 aliphatic carbocycles. The van der Waals surface area contributed by atoms with Crippen molar-refractivity contribution in [3.8, 4) is 0 Å². The first-order chi connectivity index (χ1) is 7.13. The van der Waals surface area contributed by atoms with Crippen molar-refractivity contribution in [1.82, 2.24) is 5.32 Å². The van der Waals surface area contributed by atoms with Gasteiger partial charge in [-0.15, -0.1) is 0 Å². The molecule has 5 heteroatoms. The maximum absolute atomic E-state index is 13.1. The van der Waals surface area contributed by atoms with Gasteiger partial charge in [-0.25, -0.2) is 8.78 Å². The first kappa shape index (κ1) is 11.6. The van der Waals surface area contributed by atoms with Crippen molar-refractivity contribution in [2.75, 3.05) is 18.4 Å². The van der Waals surface area contributed by atoms with Gasteiger partial charge in [0.15, 0.2) is 0 Å². The van der Waals surface area contributed by atoms with E-state index < -0.39 is 11.6 Å². The zero-order chi connectivity index (χ0) is 11.3. The average Bonchev–Trinajstić information content (AvgIpc) is 2.19. The molecule has 0 unspecified atom stereocenters. The third-order valence-electron chi connectivity index (χ3n) is 1.74. The number of benzene rings is 1. The Labute approximate surface area is 86.5 Å². The molecule has 0 spiro atoms. The zero-order valence-corrected chi connectivity index (χ0v) is 8.31. The monoisotopic (exact) mass is 214 g/mol. The molecule has 0 aliphatic rings. The largest absolute Gasteiger partial charge is 0.322 e. The molecule has 1 amide bonds. The van der Waals surface area contributed by atoms with Gasteiger partial charge in [0.25, 0.3) is 0 Å². The number of carbonyl (C=O) groups is 1. The van der Waals surface area contributed by atoms with E-state index in [2.05, 4.69) is 10.6 Å². The van der Waals surface area contributed by atoms with Crippen LogP contribution in [-0.2, 0) is 4.79 Å². The highest BCUT2D eigenvalue weighted by molar-refractivity contribution is 5.92. The molecular formula is C10H12F2N2O. The predicted octanol–water partition coefficient (Wildman–Crippen LogP) is 1.51. The van der Waals surface area contributed by atoms with Crippen molar-refractivity contribution >= 4 is 11.6 Å². The predicted molar refractivity (Wildman–Crippen MR) is 53.5 cm³/mol. The van der Waals surface area contributed by atoms with Crippen LogP contribution in [0.25, 0.3) is 0 Å². The van der Waals surface area contributed by atoms with Crippen molar-refractivity contribution in [1.29, 1.82) is 0 Å². The summed E-state index contributed by atoms with van der Waals surface area (Å²) in [4.78, 5) is 11.2. The third kappa shape index (κ3) is 3.63. The molecule has 82 valence electrons. The van der Waals surface area contributed by atoms with E-state index in [0.717, 1.165) is 12.1 Å². The lowest BCUT2D eigenvalue weighted by Gasteiger charge is -2.06. The fraction of sp³-hybridized carbons (Fsp3) is 0.300. The van der Waals surface area contributed by atoms with E-state index in [4.69, 9.17) is 0 Å². The van der Waals surface area contributed by atoms with E-state index >= 15 is 0 Å². The van der Waals surface area contributed by atoms with Crippen molar-refractivity contribution in [2.45, 2.75) is 6.92 Å². The number of hydrogen-bond donors (Lipinski definition) is 2. The van der Waals surface area contributed by atoms with Crippen LogP contribution in [0.2, 0.25) is 0 Å². The van der Waals surface area contributed by atoms with Gasteiger partial charge in [-0.1, -0.05) is 6.92 Å². The summed E-state index contributed by atoms with van der Waals surface area (Å²) >= 11 is 0. The number of rotatable bonds is 4. The lowest BCUT2D eigenvalue weighted by Crippen LogP contribution is -2.28. The minimum absolute atomic E-state index is 0.0145. The van der Waals surface area contributed by atoms with E-state index in [-0.39, 0.29) is 18.1 Å². The fourth-order valence-electron chi connectivity index (χ4n) is 1.02. The molecule has 3 nitrogen and oxygen atoms in total. The normalized spacial score (nSPS) is 10.1. The lowest BCUT2D eigenvalue weighted by molar-refractivity contribution is -0.115. The summed E-state index contributed by atoms with van der Waals surface area (Å²) in [6, 6.07) is 3.00. The van der Waals surface area contributed by atoms with E-state index in [0.29, 0.717) is 6.54 Å². The van der Waals surface area contributed by atoms with Crippen LogP contribution in [0.4, 0.5) is 14.5 Å². The summed E-state index contributed by atoms with van der Waals surface area (Å²) in [7, 11) is 0. The number of likely N-dealkylation sites (N-methyl/N-ethyl adjacent to an activating group) is 1. The highest BCUT2D eigenvalue weighted by Gasteiger charge is 2.06. The van der Waals surface area contributed by atoms with Gasteiger partial charge in [0.1, 0.15) is 11.6 Å². The first-order valence-corrected chi connectivity index (χ1v) is 4.59. The molecule has 1 aromatic rings. The van der Waals surface area contributed by atoms with Crippen LogP contribution in [0.3, 0.4) is 0 Å². The van der Waals surface area contributed by atoms with Crippen LogP contribution in [0, 0.1) is 11.6 Å². The third-order valence-corrected chi connectivity index (χ3v) is 1.74. The number of hydrogen-bond acceptors (Lipinski definition) is 2. The average molecular weight is 214 g/mol. The Morgan fingerprint density at radius 1 is 1.40 bits per heavy atom. The van der Waals surface area contributed by atoms with Crippen LogP contribution < -0.4 is 10.6 Å². The second-order valence-electron chi connectivity index (χ2n) is 2.95. The topological polar surface area (TPSA) is 41.1 Å². The molecule has 0 bridgehead atoms. The minimum atomic E-state index is -0.778. The Kier molecular flexibility index (Phi) is 4.17. The van der Waals surface area contributed by atoms with Crippen molar-refractivity contribution < 1.29 is 13.6 Å². The van der Waals surface area contributed by atoms with Gasteiger partial charge in [-0.05, 0) is 18.7 Å². The second kappa shape index (κ2) is 5.41. The molecule has 15 heavy (non-hydrogen) atoms. The summed E-state index contributed by atoms with van der Waals surface area (Å²) in [5.74, 6) is -1.81. The summed E-state index contributed by atoms with van der Waals surface area (Å²) in [5, 5.41) is 5.12. The van der Waals surface area contributed by atoms with Gasteiger partial charge >= 0.3 is 0 Å². The SMILES string of the molecule is CCNCC(=O)Nc1ccc(F)cc1F. The summed E-state index contributed by atoms with van der Waals surface area (Å²) in [5.41, 5.74) is -0.0145. The molecular weight excluding hydrogens is 202 g/mol. The Morgan fingerprint density at radius 2 is 2.13 bits per heavy atom. The number of amides is 1. The van der Waals surface area contributed by atoms with Crippen molar-refractivity contribution in [3.05, 3.63) is 29.8 Å². The van der Waals surface area contributed by atoms with Crippen LogP contribution in [-0.4, -0.2) is 19.0 Å². The summed E-state index contributed by atoms with van der Waals surface area (Å²) < 4.78 is 25.6. The number of halogens is 2. The Hall–Kier alpha value is -1.49. The highest BCUT2D eigenvalue weighted by atomic mass is 19.1. The van der Waals surface area contributed by atoms with Gasteiger partial charge in [-0.2, -0.15) is 0 Å². The van der Waals surface area contributed by atoms with Gasteiger partial charge < -0.3 is 10.6 Å². The Bertz CT molecular complexity index is 355. The van der Waals surface area contributed by atoms with Gasteiger partial charge in [0.05, 0.1) is 12.2 Å². The fourth-order valence-corrected chi connectivity index (χ4v) is 1.02. The maximum Gasteiger partial charge on any atom is 0.238 e. The van der Waals surface area contributed by atoms with E-state index in [1.807, 2.05) is 6.92 Å². The van der Waals surface area contributed by atoms with E-state index in [1.54, 1.807) is 0 Å². The van der Waals surface area contributed by atoms with Crippen LogP contribution in [0.5, 0.6) is 0 Å². The molecule has 0 aliphatic heterocycles. The quantitative estimate of drug-likeness (QED) is 0.797. The molecule has 1 aromatic carbocycles. The maximum atomic E-state index is 13.1. The first-order valence-electron chi connectivity index (χ1n) is 4.59. The van der Waals surface area contributed by atoms with E-state index in [1.165, 1.54) is 6.07 Å². The second-order valence-corrected chi connectivity index (χ2v) is 2.95. The number of carbonyl (C=O) groups excluding carboxylic acids is 1. The smallest absolute Gasteiger partial charge is 0.238 e. The molecule has 0 radical (unpaired) electrons. The number of anilines is 1. The zero-order valence-electron chi connectivity index (χ0n) is 8.31. The van der Waals surface area contributed by atoms with Gasteiger partial charge in [0.2, 0.25) is 5.91 Å². The van der Waals surface area contributed by atoms with Crippen LogP contribution in [0.15, 0.2) is 18.2 Å². The highest BCUT2D eigenvalue weighted by Crippen LogP contribution is 2.14. The summed E-state index contributed by atoms with van der Waals surface area (Å²) in [6.07, 6.45) is 0. The Morgan fingerprint density at radius 3 is 2.73 bits per heavy atom. The molecule has 2 N–H and O–H groups in total. The van der Waals surface area contributed by atoms with Crippen LogP contribution >= 0.6 is 0 Å². The minimum Gasteiger partial charge on any atom is -0.322 e. The molecule has 0 atom stereocenters.